The molecule has 0 saturated heterocycles. The molecule has 15 rings (SSSR count). The zero-order valence-corrected chi connectivity index (χ0v) is 38.0. The zero-order chi connectivity index (χ0) is 43.7. The molecule has 0 bridgehead atoms. The molecule has 3 heteroatoms. The number of benzene rings is 12. The number of hydrogen-bond donors (Lipinski definition) is 0. The van der Waals surface area contributed by atoms with Gasteiger partial charge in [-0.05, 0) is 0 Å². The molecule has 67 heavy (non-hydrogen) atoms. The van der Waals surface area contributed by atoms with Crippen LogP contribution in [0.2, 0.25) is 0 Å². The van der Waals surface area contributed by atoms with Crippen LogP contribution in [0.5, 0.6) is 0 Å². The van der Waals surface area contributed by atoms with Gasteiger partial charge >= 0.3 is 394 Å². The van der Waals surface area contributed by atoms with E-state index in [0.29, 0.717) is 0 Å². The molecule has 310 valence electrons. The van der Waals surface area contributed by atoms with E-state index in [1.165, 1.54) is 140 Å². The summed E-state index contributed by atoms with van der Waals surface area (Å²) in [7, 11) is 0. The van der Waals surface area contributed by atoms with Crippen molar-refractivity contribution in [1.82, 2.24) is 9.13 Å². The van der Waals surface area contributed by atoms with E-state index in [0.717, 1.165) is 0 Å². The molecular formula is C64H38N2Se. The van der Waals surface area contributed by atoms with Gasteiger partial charge in [0.15, 0.2) is 0 Å². The van der Waals surface area contributed by atoms with Crippen molar-refractivity contribution in [2.45, 2.75) is 0 Å². The zero-order valence-electron chi connectivity index (χ0n) is 36.2. The molecule has 0 spiro atoms. The van der Waals surface area contributed by atoms with Crippen molar-refractivity contribution in [1.29, 1.82) is 0 Å². The predicted molar refractivity (Wildman–Crippen MR) is 288 cm³/mol. The molecule has 0 N–H and O–H groups in total. The summed E-state index contributed by atoms with van der Waals surface area (Å²) in [5.74, 6) is 0. The van der Waals surface area contributed by atoms with Crippen LogP contribution < -0.4 is 0 Å². The summed E-state index contributed by atoms with van der Waals surface area (Å²) in [5.41, 5.74) is 12.5. The van der Waals surface area contributed by atoms with Crippen molar-refractivity contribution >= 4 is 120 Å². The second kappa shape index (κ2) is 14.1. The molecule has 0 fully saturated rings. The minimum atomic E-state index is 0.125. The summed E-state index contributed by atoms with van der Waals surface area (Å²) in [6.45, 7) is 0. The SMILES string of the molecule is c1cc(-c2c3ccccc3c(-n3c4ccccc4c4ccccc43)c3ccccc23)c2c(c1)[se]c1cc(-c3c4ccccc4c(-n4c5ccccc5c5ccccc54)c4ccccc34)ccc12. The second-order valence-corrected chi connectivity index (χ2v) is 20.1. The van der Waals surface area contributed by atoms with Gasteiger partial charge in [-0.1, -0.05) is 0 Å². The Morgan fingerprint density at radius 1 is 0.254 bits per heavy atom. The summed E-state index contributed by atoms with van der Waals surface area (Å²) < 4.78 is 7.89. The molecule has 0 amide bonds. The first-order valence-electron chi connectivity index (χ1n) is 23.1. The average molecular weight is 914 g/mol. The summed E-state index contributed by atoms with van der Waals surface area (Å²) in [6.07, 6.45) is 0. The van der Waals surface area contributed by atoms with Gasteiger partial charge in [0.25, 0.3) is 0 Å². The van der Waals surface area contributed by atoms with Crippen LogP contribution in [0.3, 0.4) is 0 Å². The molecule has 12 aromatic carbocycles. The molecule has 0 saturated carbocycles. The summed E-state index contributed by atoms with van der Waals surface area (Å²) in [6, 6.07) is 86.1. The fraction of sp³-hybridized carbons (Fsp3) is 0. The number of hydrogen-bond acceptors (Lipinski definition) is 0. The Morgan fingerprint density at radius 3 is 1.03 bits per heavy atom. The average Bonchev–Trinajstić information content (AvgIpc) is 4.05. The second-order valence-electron chi connectivity index (χ2n) is 17.9. The van der Waals surface area contributed by atoms with Gasteiger partial charge in [0.05, 0.1) is 0 Å². The van der Waals surface area contributed by atoms with Gasteiger partial charge in [-0.25, -0.2) is 0 Å². The molecule has 3 heterocycles. The monoisotopic (exact) mass is 914 g/mol. The van der Waals surface area contributed by atoms with Crippen LogP contribution in [-0.2, 0) is 0 Å². The van der Waals surface area contributed by atoms with Gasteiger partial charge in [-0.3, -0.25) is 0 Å². The number of nitrogens with zero attached hydrogens (tertiary/aromatic N) is 2. The van der Waals surface area contributed by atoms with Crippen molar-refractivity contribution in [3.8, 4) is 33.6 Å². The van der Waals surface area contributed by atoms with Crippen molar-refractivity contribution in [2.24, 2.45) is 0 Å². The van der Waals surface area contributed by atoms with Crippen LogP contribution in [0.4, 0.5) is 0 Å². The maximum absolute atomic E-state index is 2.52. The molecule has 15 aromatic rings. The minimum absolute atomic E-state index is 0.125. The van der Waals surface area contributed by atoms with Gasteiger partial charge in [-0.15, -0.1) is 0 Å². The normalized spacial score (nSPS) is 12.2. The molecule has 0 aliphatic heterocycles. The Labute approximate surface area is 391 Å². The Hall–Kier alpha value is -8.20. The molecule has 3 aromatic heterocycles. The Balaban J connectivity index is 0.978. The van der Waals surface area contributed by atoms with E-state index >= 15 is 0 Å². The number of para-hydroxylation sites is 4. The van der Waals surface area contributed by atoms with Crippen LogP contribution in [-0.4, -0.2) is 23.6 Å². The number of fused-ring (bicyclic) bond motifs is 13. The topological polar surface area (TPSA) is 9.86 Å². The third-order valence-corrected chi connectivity index (χ3v) is 16.8. The van der Waals surface area contributed by atoms with Crippen LogP contribution in [0.15, 0.2) is 231 Å². The van der Waals surface area contributed by atoms with Gasteiger partial charge in [0.2, 0.25) is 0 Å². The number of rotatable bonds is 4. The molecule has 2 nitrogen and oxygen atoms in total. The van der Waals surface area contributed by atoms with E-state index in [-0.39, 0.29) is 14.5 Å². The van der Waals surface area contributed by atoms with E-state index in [2.05, 4.69) is 240 Å². The first-order chi connectivity index (χ1) is 33.3. The first kappa shape index (κ1) is 37.1. The van der Waals surface area contributed by atoms with Crippen molar-refractivity contribution < 1.29 is 0 Å². The van der Waals surface area contributed by atoms with E-state index < -0.39 is 0 Å². The fourth-order valence-corrected chi connectivity index (χ4v) is 14.3. The maximum atomic E-state index is 2.52. The Kier molecular flexibility index (Phi) is 7.83. The van der Waals surface area contributed by atoms with E-state index in [9.17, 15) is 0 Å². The van der Waals surface area contributed by atoms with Gasteiger partial charge in [0, 0.05) is 0 Å². The van der Waals surface area contributed by atoms with Crippen LogP contribution in [0.25, 0.3) is 140 Å². The molecule has 0 atom stereocenters. The first-order valence-corrected chi connectivity index (χ1v) is 24.8. The van der Waals surface area contributed by atoms with Crippen molar-refractivity contribution in [3.05, 3.63) is 231 Å². The molecule has 0 aliphatic rings. The quantitative estimate of drug-likeness (QED) is 0.123. The van der Waals surface area contributed by atoms with Crippen molar-refractivity contribution in [2.75, 3.05) is 0 Å². The predicted octanol–water partition coefficient (Wildman–Crippen LogP) is 17.2. The molecule has 0 unspecified atom stereocenters. The van der Waals surface area contributed by atoms with E-state index in [4.69, 9.17) is 0 Å². The fourth-order valence-electron chi connectivity index (χ4n) is 11.8. The van der Waals surface area contributed by atoms with Crippen LogP contribution >= 0.6 is 0 Å². The van der Waals surface area contributed by atoms with Crippen molar-refractivity contribution in [3.63, 3.8) is 0 Å². The third-order valence-electron chi connectivity index (χ3n) is 14.5. The summed E-state index contributed by atoms with van der Waals surface area (Å²) in [4.78, 5) is 0. The molecule has 0 radical (unpaired) electrons. The standard InChI is InChI=1S/C64H38N2Se/c1-5-26-48-44(22-1)60(45-23-2-6-27-49(45)63(48)65-54-31-13-9-18-40(54)41-19-10-14-32-55(41)65)39-36-37-52-59(38-39)67-58-35-17-30-53(62(52)58)61-46-24-3-7-28-50(46)64(51-29-8-4-25-47(51)61)66-56-33-15-11-20-42(56)43-21-12-16-34-57(43)66/h1-38H. The van der Waals surface area contributed by atoms with E-state index in [1.54, 1.807) is 0 Å². The van der Waals surface area contributed by atoms with Crippen LogP contribution in [0.1, 0.15) is 0 Å². The number of aromatic nitrogens is 2. The van der Waals surface area contributed by atoms with E-state index in [1.807, 2.05) is 0 Å². The van der Waals surface area contributed by atoms with Gasteiger partial charge < -0.3 is 0 Å². The Morgan fingerprint density at radius 2 is 0.612 bits per heavy atom. The molecule has 0 aliphatic carbocycles. The summed E-state index contributed by atoms with van der Waals surface area (Å²) >= 11 is 0.125. The third kappa shape index (κ3) is 5.16. The summed E-state index contributed by atoms with van der Waals surface area (Å²) in [5, 5.41) is 17.9. The Bertz CT molecular complexity index is 4360. The van der Waals surface area contributed by atoms with Gasteiger partial charge in [-0.2, -0.15) is 0 Å². The van der Waals surface area contributed by atoms with Gasteiger partial charge in [0.1, 0.15) is 0 Å². The molecular weight excluding hydrogens is 876 g/mol. The van der Waals surface area contributed by atoms with Crippen LogP contribution in [0, 0.1) is 0 Å².